The second-order valence-corrected chi connectivity index (χ2v) is 12.2. The number of sulfone groups is 1. The zero-order valence-electron chi connectivity index (χ0n) is 20.2. The summed E-state index contributed by atoms with van der Waals surface area (Å²) < 4.78 is 41.1. The molecule has 0 aliphatic rings. The topological polar surface area (TPSA) is 85.2 Å². The van der Waals surface area contributed by atoms with Gasteiger partial charge < -0.3 is 0 Å². The first-order valence-corrected chi connectivity index (χ1v) is 14.2. The second-order valence-electron chi connectivity index (χ2n) is 8.64. The van der Waals surface area contributed by atoms with Crippen LogP contribution in [0, 0.1) is 26.6 Å². The summed E-state index contributed by atoms with van der Waals surface area (Å²) in [4.78, 5) is 19.7. The fraction of sp³-hybridized carbons (Fsp3) is 0.320. The highest BCUT2D eigenvalue weighted by Crippen LogP contribution is 2.33. The third kappa shape index (κ3) is 5.93. The van der Waals surface area contributed by atoms with Crippen LogP contribution in [-0.2, 0) is 21.2 Å². The van der Waals surface area contributed by atoms with Gasteiger partial charge in [0.2, 0.25) is 5.91 Å². The van der Waals surface area contributed by atoms with Crippen LogP contribution < -0.4 is 4.90 Å². The molecule has 2 heterocycles. The van der Waals surface area contributed by atoms with Gasteiger partial charge in [0, 0.05) is 23.7 Å². The summed E-state index contributed by atoms with van der Waals surface area (Å²) in [7, 11) is -3.63. The van der Waals surface area contributed by atoms with E-state index in [-0.39, 0.29) is 29.4 Å². The van der Waals surface area contributed by atoms with Crippen LogP contribution in [0.1, 0.15) is 29.8 Å². The lowest BCUT2D eigenvalue weighted by atomic mass is 10.2. The number of carbonyl (C=O) groups excluding carboxylic acids is 1. The molecular formula is C25H26ClFN4O3S2. The number of aryl methyl sites for hydroxylation is 3. The number of benzene rings is 2. The minimum Gasteiger partial charge on any atom is -0.286 e. The monoisotopic (exact) mass is 548 g/mol. The Morgan fingerprint density at radius 3 is 2.53 bits per heavy atom. The lowest BCUT2D eigenvalue weighted by Gasteiger charge is -2.20. The van der Waals surface area contributed by atoms with Crippen LogP contribution in [0.4, 0.5) is 9.52 Å². The molecule has 0 saturated heterocycles. The zero-order chi connectivity index (χ0) is 26.0. The van der Waals surface area contributed by atoms with E-state index in [0.717, 1.165) is 39.3 Å². The number of carbonyl (C=O) groups is 1. The third-order valence-corrected chi connectivity index (χ3v) is 8.85. The van der Waals surface area contributed by atoms with Gasteiger partial charge in [-0.2, -0.15) is 5.10 Å². The zero-order valence-corrected chi connectivity index (χ0v) is 22.6. The maximum atomic E-state index is 13.3. The van der Waals surface area contributed by atoms with Gasteiger partial charge in [0.05, 0.1) is 33.1 Å². The lowest BCUT2D eigenvalue weighted by Crippen LogP contribution is -2.34. The molecule has 7 nitrogen and oxygen atoms in total. The third-order valence-electron chi connectivity index (χ3n) is 5.79. The van der Waals surface area contributed by atoms with Crippen molar-refractivity contribution in [3.63, 3.8) is 0 Å². The van der Waals surface area contributed by atoms with Crippen LogP contribution in [0.25, 0.3) is 10.2 Å². The van der Waals surface area contributed by atoms with Crippen molar-refractivity contribution in [3.8, 4) is 0 Å². The van der Waals surface area contributed by atoms with Crippen LogP contribution >= 0.6 is 22.9 Å². The molecule has 0 radical (unpaired) electrons. The highest BCUT2D eigenvalue weighted by molar-refractivity contribution is 7.91. The number of nitrogens with zero attached hydrogens (tertiary/aromatic N) is 4. The number of anilines is 1. The molecule has 2 aromatic heterocycles. The molecule has 11 heteroatoms. The number of hydrogen-bond acceptors (Lipinski definition) is 6. The van der Waals surface area contributed by atoms with Crippen LogP contribution in [0.15, 0.2) is 47.4 Å². The van der Waals surface area contributed by atoms with E-state index in [1.165, 1.54) is 23.5 Å². The summed E-state index contributed by atoms with van der Waals surface area (Å²) in [5.41, 5.74) is 3.57. The molecule has 0 bridgehead atoms. The Bertz CT molecular complexity index is 1510. The molecule has 0 unspecified atom stereocenters. The van der Waals surface area contributed by atoms with Crippen molar-refractivity contribution in [3.05, 3.63) is 70.3 Å². The minimum absolute atomic E-state index is 0.0210. The largest absolute Gasteiger partial charge is 0.286 e. The van der Waals surface area contributed by atoms with Gasteiger partial charge in [-0.05, 0) is 75.2 Å². The first-order chi connectivity index (χ1) is 17.0. The van der Waals surface area contributed by atoms with Crippen molar-refractivity contribution in [1.29, 1.82) is 0 Å². The van der Waals surface area contributed by atoms with Crippen molar-refractivity contribution < 1.29 is 17.6 Å². The number of rotatable bonds is 9. The molecule has 36 heavy (non-hydrogen) atoms. The minimum atomic E-state index is -3.63. The Kier molecular flexibility index (Phi) is 7.77. The fourth-order valence-corrected chi connectivity index (χ4v) is 6.76. The molecule has 0 spiro atoms. The number of hydrogen-bond donors (Lipinski definition) is 0. The van der Waals surface area contributed by atoms with Crippen LogP contribution in [0.5, 0.6) is 0 Å². The maximum absolute atomic E-state index is 13.3. The maximum Gasteiger partial charge on any atom is 0.228 e. The first-order valence-electron chi connectivity index (χ1n) is 11.4. The molecule has 0 aliphatic carbocycles. The van der Waals surface area contributed by atoms with Crippen LogP contribution in [0.2, 0.25) is 5.02 Å². The Labute approximate surface area is 218 Å². The summed E-state index contributed by atoms with van der Waals surface area (Å²) in [6.45, 7) is 6.58. The van der Waals surface area contributed by atoms with Gasteiger partial charge in [-0.3, -0.25) is 14.4 Å². The Balaban J connectivity index is 1.53. The molecule has 0 aliphatic heterocycles. The van der Waals surface area contributed by atoms with Gasteiger partial charge >= 0.3 is 0 Å². The van der Waals surface area contributed by atoms with Gasteiger partial charge in [-0.1, -0.05) is 22.9 Å². The van der Waals surface area contributed by atoms with Crippen molar-refractivity contribution in [2.24, 2.45) is 0 Å². The smallest absolute Gasteiger partial charge is 0.228 e. The fourth-order valence-electron chi connectivity index (χ4n) is 3.99. The van der Waals surface area contributed by atoms with Gasteiger partial charge in [-0.15, -0.1) is 0 Å². The first kappa shape index (κ1) is 26.2. The van der Waals surface area contributed by atoms with E-state index in [1.807, 2.05) is 43.7 Å². The average Bonchev–Trinajstić information content (AvgIpc) is 3.36. The standard InChI is InChI=1S/C25H26ClFN4O3S2/c1-16-13-19(26)15-22-24(16)28-25(35-22)30(10-11-31-18(3)14-17(2)29-31)23(32)5-4-12-36(33,34)21-8-6-20(27)7-9-21/h6-9,13-15H,4-5,10-12H2,1-3H3. The van der Waals surface area contributed by atoms with Crippen molar-refractivity contribution in [2.45, 2.75) is 45.1 Å². The normalized spacial score (nSPS) is 11.8. The van der Waals surface area contributed by atoms with E-state index in [4.69, 9.17) is 16.6 Å². The summed E-state index contributed by atoms with van der Waals surface area (Å²) in [5.74, 6) is -0.951. The van der Waals surface area contributed by atoms with E-state index in [0.29, 0.717) is 23.2 Å². The van der Waals surface area contributed by atoms with E-state index in [1.54, 1.807) is 4.90 Å². The Morgan fingerprint density at radius 1 is 1.14 bits per heavy atom. The van der Waals surface area contributed by atoms with E-state index >= 15 is 0 Å². The van der Waals surface area contributed by atoms with Crippen LogP contribution in [-0.4, -0.2) is 41.4 Å². The number of halogens is 2. The van der Waals surface area contributed by atoms with Gasteiger partial charge in [-0.25, -0.2) is 17.8 Å². The second kappa shape index (κ2) is 10.7. The van der Waals surface area contributed by atoms with Gasteiger partial charge in [0.15, 0.2) is 15.0 Å². The molecule has 1 amide bonds. The van der Waals surface area contributed by atoms with E-state index < -0.39 is 15.7 Å². The predicted molar refractivity (Wildman–Crippen MR) is 141 cm³/mol. The van der Waals surface area contributed by atoms with Gasteiger partial charge in [0.1, 0.15) is 5.82 Å². The summed E-state index contributed by atoms with van der Waals surface area (Å²) in [5, 5.41) is 5.61. The molecule has 4 rings (SSSR count). The van der Waals surface area contributed by atoms with Crippen molar-refractivity contribution in [2.75, 3.05) is 17.2 Å². The molecule has 190 valence electrons. The summed E-state index contributed by atoms with van der Waals surface area (Å²) in [6.07, 6.45) is 0.151. The van der Waals surface area contributed by atoms with Crippen LogP contribution in [0.3, 0.4) is 0 Å². The molecule has 4 aromatic rings. The average molecular weight is 549 g/mol. The van der Waals surface area contributed by atoms with E-state index in [9.17, 15) is 17.6 Å². The van der Waals surface area contributed by atoms with E-state index in [2.05, 4.69) is 5.10 Å². The lowest BCUT2D eigenvalue weighted by molar-refractivity contribution is -0.118. The Morgan fingerprint density at radius 2 is 1.86 bits per heavy atom. The summed E-state index contributed by atoms with van der Waals surface area (Å²) in [6, 6.07) is 10.3. The molecule has 0 atom stereocenters. The highest BCUT2D eigenvalue weighted by atomic mass is 35.5. The molecule has 0 saturated carbocycles. The number of thiazole rings is 1. The number of fused-ring (bicyclic) bond motifs is 1. The molecule has 0 fully saturated rings. The molecular weight excluding hydrogens is 523 g/mol. The van der Waals surface area contributed by atoms with Crippen molar-refractivity contribution in [1.82, 2.24) is 14.8 Å². The SMILES string of the molecule is Cc1cc(C)n(CCN(C(=O)CCCS(=O)(=O)c2ccc(F)cc2)c2nc3c(C)cc(Cl)cc3s2)n1. The Hall–Kier alpha value is -2.82. The predicted octanol–water partition coefficient (Wildman–Crippen LogP) is 5.50. The highest BCUT2D eigenvalue weighted by Gasteiger charge is 2.22. The van der Waals surface area contributed by atoms with Crippen molar-refractivity contribution >= 4 is 54.0 Å². The number of amides is 1. The molecule has 0 N–H and O–H groups in total. The molecule has 2 aromatic carbocycles. The van der Waals surface area contributed by atoms with Gasteiger partial charge in [0.25, 0.3) is 0 Å². The quantitative estimate of drug-likeness (QED) is 0.258. The number of aromatic nitrogens is 3. The summed E-state index contributed by atoms with van der Waals surface area (Å²) >= 11 is 7.59.